The molecule has 0 radical (unpaired) electrons. The molecule has 0 aromatic heterocycles. The summed E-state index contributed by atoms with van der Waals surface area (Å²) in [6, 6.07) is 3.88. The van der Waals surface area contributed by atoms with Gasteiger partial charge in [-0.15, -0.1) is 0 Å². The number of hydrogen-bond donors (Lipinski definition) is 0. The predicted molar refractivity (Wildman–Crippen MR) is 36.2 cm³/mol. The maximum Gasteiger partial charge on any atom is 0.416 e. The molecule has 0 N–H and O–H groups in total. The van der Waals surface area contributed by atoms with E-state index in [1.54, 1.807) is 0 Å². The fourth-order valence-corrected chi connectivity index (χ4v) is 0.717. The Morgan fingerprint density at radius 1 is 1.08 bits per heavy atom. The van der Waals surface area contributed by atoms with Crippen LogP contribution in [0.4, 0.5) is 18.9 Å². The maximum absolute atomic E-state index is 11.9. The van der Waals surface area contributed by atoms with Crippen LogP contribution in [0.3, 0.4) is 0 Å². The highest BCUT2D eigenvalue weighted by atomic mass is 19.4. The Morgan fingerprint density at radius 3 is 1.92 bits per heavy atom. The van der Waals surface area contributed by atoms with Gasteiger partial charge in [0, 0.05) is 12.1 Å². The zero-order valence-electron chi connectivity index (χ0n) is 5.84. The molecule has 2 nitrogen and oxygen atoms in total. The Morgan fingerprint density at radius 2 is 1.58 bits per heavy atom. The average Bonchev–Trinajstić information content (AvgIpc) is 2.03. The lowest BCUT2D eigenvalue weighted by molar-refractivity contribution is -0.137. The van der Waals surface area contributed by atoms with Crippen LogP contribution in [0, 0.1) is 5.39 Å². The molecule has 12 heavy (non-hydrogen) atoms. The van der Waals surface area contributed by atoms with Crippen molar-refractivity contribution in [2.75, 3.05) is 0 Å². The molecule has 5 heteroatoms. The first-order valence-corrected chi connectivity index (χ1v) is 3.06. The Hall–Kier alpha value is -1.57. The fourth-order valence-electron chi connectivity index (χ4n) is 0.717. The van der Waals surface area contributed by atoms with Gasteiger partial charge in [-0.3, -0.25) is 0 Å². The third kappa shape index (κ3) is 1.72. The van der Waals surface area contributed by atoms with Gasteiger partial charge in [0.05, 0.1) is 5.56 Å². The number of hydrogen-bond acceptors (Lipinski definition) is 1. The topological polar surface area (TPSA) is 28.1 Å². The van der Waals surface area contributed by atoms with Crippen molar-refractivity contribution in [3.05, 3.63) is 34.8 Å². The largest absolute Gasteiger partial charge is 0.416 e. The molecule has 0 saturated heterocycles. The van der Waals surface area contributed by atoms with Crippen LogP contribution < -0.4 is 0 Å². The van der Waals surface area contributed by atoms with Crippen molar-refractivity contribution in [3.8, 4) is 0 Å². The summed E-state index contributed by atoms with van der Waals surface area (Å²) < 4.78 is 35.8. The van der Waals surface area contributed by atoms with Crippen LogP contribution in [0.15, 0.2) is 24.3 Å². The van der Waals surface area contributed by atoms with Crippen molar-refractivity contribution in [2.24, 2.45) is 0 Å². The van der Waals surface area contributed by atoms with E-state index in [9.17, 15) is 13.2 Å². The molecule has 0 spiro atoms. The van der Waals surface area contributed by atoms with E-state index in [4.69, 9.17) is 5.39 Å². The molecule has 1 rings (SSSR count). The van der Waals surface area contributed by atoms with E-state index in [2.05, 4.69) is 4.98 Å². The van der Waals surface area contributed by atoms with Gasteiger partial charge in [0.2, 0.25) is 5.39 Å². The van der Waals surface area contributed by atoms with Crippen molar-refractivity contribution < 1.29 is 13.2 Å². The Kier molecular flexibility index (Phi) is 2.00. The molecule has 0 unspecified atom stereocenters. The molecule has 62 valence electrons. The summed E-state index contributed by atoms with van der Waals surface area (Å²) in [4.78, 5) is 2.73. The predicted octanol–water partition coefficient (Wildman–Crippen LogP) is 3.19. The smallest absolute Gasteiger partial charge is 0.166 e. The first-order chi connectivity index (χ1) is 5.54. The minimum Gasteiger partial charge on any atom is -0.166 e. The van der Waals surface area contributed by atoms with Gasteiger partial charge in [-0.25, -0.2) is 0 Å². The number of nitrogens with zero attached hydrogens (tertiary/aromatic N) is 2. The fraction of sp³-hybridized carbons (Fsp3) is 0.143. The third-order valence-corrected chi connectivity index (χ3v) is 1.31. The minimum absolute atomic E-state index is 0.100. The van der Waals surface area contributed by atoms with Crippen LogP contribution in [0.5, 0.6) is 0 Å². The SMILES string of the molecule is N#[N+]c1ccc(C(F)(F)F)cc1. The number of alkyl halides is 3. The molecule has 0 atom stereocenters. The van der Waals surface area contributed by atoms with Gasteiger partial charge in [-0.2, -0.15) is 13.2 Å². The monoisotopic (exact) mass is 173 g/mol. The van der Waals surface area contributed by atoms with E-state index in [1.807, 2.05) is 0 Å². The lowest BCUT2D eigenvalue weighted by Crippen LogP contribution is -2.03. The summed E-state index contributed by atoms with van der Waals surface area (Å²) in [6.07, 6.45) is -4.34. The highest BCUT2D eigenvalue weighted by Crippen LogP contribution is 2.30. The molecule has 0 aliphatic heterocycles. The van der Waals surface area contributed by atoms with E-state index < -0.39 is 11.7 Å². The first-order valence-electron chi connectivity index (χ1n) is 3.06. The first kappa shape index (κ1) is 8.53. The van der Waals surface area contributed by atoms with Gasteiger partial charge < -0.3 is 0 Å². The van der Waals surface area contributed by atoms with Crippen molar-refractivity contribution >= 4 is 5.69 Å². The van der Waals surface area contributed by atoms with Crippen LogP contribution in [-0.4, -0.2) is 0 Å². The molecule has 0 heterocycles. The summed E-state index contributed by atoms with van der Waals surface area (Å²) in [7, 11) is 0. The summed E-state index contributed by atoms with van der Waals surface area (Å²) in [5, 5.41) is 8.18. The summed E-state index contributed by atoms with van der Waals surface area (Å²) >= 11 is 0. The third-order valence-electron chi connectivity index (χ3n) is 1.31. The van der Waals surface area contributed by atoms with E-state index in [-0.39, 0.29) is 5.69 Å². The standard InChI is InChI=1S/C7H4F3N2/c8-7(9,10)5-1-3-6(12-11)4-2-5/h1-4H/q+1. The quantitative estimate of drug-likeness (QED) is 0.553. The molecular formula is C7H4F3N2+. The van der Waals surface area contributed by atoms with E-state index in [0.717, 1.165) is 24.3 Å². The maximum atomic E-state index is 11.9. The van der Waals surface area contributed by atoms with Crippen molar-refractivity contribution in [1.82, 2.24) is 0 Å². The summed E-state index contributed by atoms with van der Waals surface area (Å²) in [6.45, 7) is 0. The molecule has 1 aromatic carbocycles. The van der Waals surface area contributed by atoms with Gasteiger partial charge in [-0.05, 0) is 12.1 Å². The van der Waals surface area contributed by atoms with E-state index >= 15 is 0 Å². The zero-order valence-corrected chi connectivity index (χ0v) is 5.84. The molecule has 0 aliphatic carbocycles. The normalized spacial score (nSPS) is 10.8. The van der Waals surface area contributed by atoms with Gasteiger partial charge >= 0.3 is 11.9 Å². The molecule has 1 aromatic rings. The second-order valence-corrected chi connectivity index (χ2v) is 2.14. The van der Waals surface area contributed by atoms with Crippen LogP contribution in [-0.2, 0) is 6.18 Å². The minimum atomic E-state index is -4.34. The number of diazo groups is 1. The van der Waals surface area contributed by atoms with Crippen molar-refractivity contribution in [1.29, 1.82) is 5.39 Å². The zero-order chi connectivity index (χ0) is 9.19. The highest BCUT2D eigenvalue weighted by molar-refractivity contribution is 5.45. The summed E-state index contributed by atoms with van der Waals surface area (Å²) in [5.74, 6) is 0. The number of benzene rings is 1. The van der Waals surface area contributed by atoms with Gasteiger partial charge in [0.15, 0.2) is 4.98 Å². The van der Waals surface area contributed by atoms with Gasteiger partial charge in [0.25, 0.3) is 0 Å². The van der Waals surface area contributed by atoms with Crippen molar-refractivity contribution in [2.45, 2.75) is 6.18 Å². The average molecular weight is 173 g/mol. The van der Waals surface area contributed by atoms with Crippen LogP contribution in [0.25, 0.3) is 4.98 Å². The molecule has 0 aliphatic rings. The van der Waals surface area contributed by atoms with Crippen LogP contribution >= 0.6 is 0 Å². The van der Waals surface area contributed by atoms with Gasteiger partial charge in [-0.1, -0.05) is 0 Å². The van der Waals surface area contributed by atoms with Crippen LogP contribution in [0.1, 0.15) is 5.56 Å². The second kappa shape index (κ2) is 2.81. The Bertz CT molecular complexity index is 307. The second-order valence-electron chi connectivity index (χ2n) is 2.14. The molecule has 0 fully saturated rings. The molecular weight excluding hydrogens is 169 g/mol. The van der Waals surface area contributed by atoms with Gasteiger partial charge in [0.1, 0.15) is 0 Å². The molecule has 0 bridgehead atoms. The Labute approximate surface area is 66.3 Å². The van der Waals surface area contributed by atoms with Crippen molar-refractivity contribution in [3.63, 3.8) is 0 Å². The van der Waals surface area contributed by atoms with E-state index in [1.165, 1.54) is 0 Å². The van der Waals surface area contributed by atoms with E-state index in [0.29, 0.717) is 0 Å². The molecule has 0 amide bonds. The highest BCUT2D eigenvalue weighted by Gasteiger charge is 2.30. The van der Waals surface area contributed by atoms with Crippen LogP contribution in [0.2, 0.25) is 0 Å². The summed E-state index contributed by atoms with van der Waals surface area (Å²) in [5.41, 5.74) is -0.655. The number of halogens is 3. The Balaban J connectivity index is 3.02. The lowest BCUT2D eigenvalue weighted by Gasteiger charge is -2.03. The lowest BCUT2D eigenvalue weighted by atomic mass is 10.2. The number of rotatable bonds is 0. The molecule has 0 saturated carbocycles.